The number of nitrogens with one attached hydrogen (secondary N) is 1. The first-order chi connectivity index (χ1) is 10.2. The van der Waals surface area contributed by atoms with Crippen LogP contribution in [0.15, 0.2) is 0 Å². The average Bonchev–Trinajstić information content (AvgIpc) is 2.90. The molecule has 1 aliphatic carbocycles. The molecule has 2 amide bonds. The Labute approximate surface area is 128 Å². The highest BCUT2D eigenvalue weighted by molar-refractivity contribution is 5.77. The van der Waals surface area contributed by atoms with E-state index in [2.05, 4.69) is 5.32 Å². The lowest BCUT2D eigenvalue weighted by molar-refractivity contribution is -0.132. The highest BCUT2D eigenvalue weighted by atomic mass is 16.2. The van der Waals surface area contributed by atoms with Crippen molar-refractivity contribution in [3.05, 3.63) is 0 Å². The summed E-state index contributed by atoms with van der Waals surface area (Å²) in [6, 6.07) is 0.149. The summed E-state index contributed by atoms with van der Waals surface area (Å²) in [4.78, 5) is 26.0. The van der Waals surface area contributed by atoms with Crippen molar-refractivity contribution < 1.29 is 9.59 Å². The van der Waals surface area contributed by atoms with Crippen molar-refractivity contribution in [2.45, 2.75) is 77.2 Å². The summed E-state index contributed by atoms with van der Waals surface area (Å²) in [6.07, 6.45) is 10.7. The van der Waals surface area contributed by atoms with Gasteiger partial charge in [-0.3, -0.25) is 9.59 Å². The number of carbonyl (C=O) groups is 2. The lowest BCUT2D eigenvalue weighted by atomic mass is 10.0. The molecule has 1 saturated carbocycles. The Balaban J connectivity index is 1.78. The van der Waals surface area contributed by atoms with Crippen molar-refractivity contribution >= 4 is 11.8 Å². The number of carbonyl (C=O) groups excluding carboxylic acids is 2. The van der Waals surface area contributed by atoms with Crippen molar-refractivity contribution in [2.24, 2.45) is 5.92 Å². The van der Waals surface area contributed by atoms with Crippen LogP contribution in [-0.2, 0) is 9.59 Å². The fourth-order valence-corrected chi connectivity index (χ4v) is 3.60. The molecule has 0 aromatic rings. The van der Waals surface area contributed by atoms with Crippen LogP contribution in [0.3, 0.4) is 0 Å². The number of rotatable bonds is 5. The van der Waals surface area contributed by atoms with Crippen LogP contribution in [0.25, 0.3) is 0 Å². The van der Waals surface area contributed by atoms with Crippen molar-refractivity contribution in [1.82, 2.24) is 10.2 Å². The Kier molecular flexibility index (Phi) is 6.52. The van der Waals surface area contributed by atoms with E-state index < -0.39 is 0 Å². The molecule has 1 unspecified atom stereocenters. The molecule has 120 valence electrons. The van der Waals surface area contributed by atoms with Crippen LogP contribution in [-0.4, -0.2) is 35.8 Å². The predicted octanol–water partition coefficient (Wildman–Crippen LogP) is 2.86. The first-order valence-corrected chi connectivity index (χ1v) is 8.76. The van der Waals surface area contributed by atoms with Crippen LogP contribution in [0.1, 0.15) is 71.1 Å². The zero-order chi connectivity index (χ0) is 15.1. The number of likely N-dealkylation sites (tertiary alicyclic amines) is 1. The summed E-state index contributed by atoms with van der Waals surface area (Å²) in [5, 5.41) is 3.06. The second-order valence-electron chi connectivity index (χ2n) is 6.64. The Morgan fingerprint density at radius 1 is 1.10 bits per heavy atom. The van der Waals surface area contributed by atoms with Crippen LogP contribution in [0.2, 0.25) is 0 Å². The molecule has 1 N–H and O–H groups in total. The molecular weight excluding hydrogens is 264 g/mol. The third kappa shape index (κ3) is 5.33. The van der Waals surface area contributed by atoms with Gasteiger partial charge < -0.3 is 10.2 Å². The fourth-order valence-electron chi connectivity index (χ4n) is 3.60. The van der Waals surface area contributed by atoms with E-state index in [1.54, 1.807) is 0 Å². The van der Waals surface area contributed by atoms with Crippen LogP contribution in [0.5, 0.6) is 0 Å². The van der Waals surface area contributed by atoms with Gasteiger partial charge in [-0.05, 0) is 31.6 Å². The van der Waals surface area contributed by atoms with E-state index in [4.69, 9.17) is 0 Å². The lowest BCUT2D eigenvalue weighted by Gasteiger charge is -2.25. The summed E-state index contributed by atoms with van der Waals surface area (Å²) >= 11 is 0. The van der Waals surface area contributed by atoms with Gasteiger partial charge in [-0.25, -0.2) is 0 Å². The van der Waals surface area contributed by atoms with Crippen molar-refractivity contribution in [2.75, 3.05) is 13.1 Å². The summed E-state index contributed by atoms with van der Waals surface area (Å²) < 4.78 is 0. The normalized spacial score (nSPS) is 23.9. The molecule has 1 atom stereocenters. The second kappa shape index (κ2) is 8.40. The van der Waals surface area contributed by atoms with Gasteiger partial charge in [0, 0.05) is 32.0 Å². The van der Waals surface area contributed by atoms with Crippen LogP contribution >= 0.6 is 0 Å². The quantitative estimate of drug-likeness (QED) is 0.847. The van der Waals surface area contributed by atoms with E-state index in [0.29, 0.717) is 25.3 Å². The van der Waals surface area contributed by atoms with E-state index in [1.165, 1.54) is 25.7 Å². The zero-order valence-electron chi connectivity index (χ0n) is 13.4. The summed E-state index contributed by atoms with van der Waals surface area (Å²) in [6.45, 7) is 3.44. The molecule has 2 rings (SSSR count). The second-order valence-corrected chi connectivity index (χ2v) is 6.64. The topological polar surface area (TPSA) is 49.4 Å². The standard InChI is InChI=1S/C17H30N2O2/c1-2-16(20)18-15-9-5-6-12-19(13-15)17(21)11-10-14-7-3-4-8-14/h14-15H,2-13H2,1H3,(H,18,20). The van der Waals surface area contributed by atoms with Gasteiger partial charge in [0.1, 0.15) is 0 Å². The molecule has 0 spiro atoms. The minimum absolute atomic E-state index is 0.0975. The summed E-state index contributed by atoms with van der Waals surface area (Å²) in [7, 11) is 0. The maximum atomic E-state index is 12.4. The molecule has 1 saturated heterocycles. The maximum Gasteiger partial charge on any atom is 0.222 e. The van der Waals surface area contributed by atoms with Crippen LogP contribution in [0.4, 0.5) is 0 Å². The van der Waals surface area contributed by atoms with Gasteiger partial charge in [0.05, 0.1) is 0 Å². The molecule has 2 aliphatic rings. The number of amides is 2. The first-order valence-electron chi connectivity index (χ1n) is 8.76. The highest BCUT2D eigenvalue weighted by Gasteiger charge is 2.24. The minimum Gasteiger partial charge on any atom is -0.352 e. The van der Waals surface area contributed by atoms with E-state index in [9.17, 15) is 9.59 Å². The molecule has 2 fully saturated rings. The molecule has 0 bridgehead atoms. The SMILES string of the molecule is CCC(=O)NC1CCCCN(C(=O)CCC2CCCC2)C1. The molecule has 1 heterocycles. The van der Waals surface area contributed by atoms with E-state index in [0.717, 1.165) is 38.1 Å². The van der Waals surface area contributed by atoms with Gasteiger partial charge in [0.25, 0.3) is 0 Å². The zero-order valence-corrected chi connectivity index (χ0v) is 13.4. The summed E-state index contributed by atoms with van der Waals surface area (Å²) in [5.41, 5.74) is 0. The fraction of sp³-hybridized carbons (Fsp3) is 0.882. The van der Waals surface area contributed by atoms with Gasteiger partial charge in [0.15, 0.2) is 0 Å². The first kappa shape index (κ1) is 16.3. The third-order valence-electron chi connectivity index (χ3n) is 4.95. The smallest absolute Gasteiger partial charge is 0.222 e. The van der Waals surface area contributed by atoms with E-state index in [-0.39, 0.29) is 11.9 Å². The molecule has 21 heavy (non-hydrogen) atoms. The van der Waals surface area contributed by atoms with E-state index in [1.807, 2.05) is 11.8 Å². The number of hydrogen-bond donors (Lipinski definition) is 1. The molecule has 1 aliphatic heterocycles. The Morgan fingerprint density at radius 3 is 2.52 bits per heavy atom. The van der Waals surface area contributed by atoms with Gasteiger partial charge in [0.2, 0.25) is 11.8 Å². The van der Waals surface area contributed by atoms with Crippen LogP contribution in [0, 0.1) is 5.92 Å². The minimum atomic E-state index is 0.0975. The van der Waals surface area contributed by atoms with Crippen LogP contribution < -0.4 is 5.32 Å². The molecule has 4 heteroatoms. The Bertz CT molecular complexity index is 351. The van der Waals surface area contributed by atoms with E-state index >= 15 is 0 Å². The average molecular weight is 294 g/mol. The molecule has 4 nitrogen and oxygen atoms in total. The lowest BCUT2D eigenvalue weighted by Crippen LogP contribution is -2.44. The Hall–Kier alpha value is -1.06. The number of hydrogen-bond acceptors (Lipinski definition) is 2. The molecular formula is C17H30N2O2. The van der Waals surface area contributed by atoms with Crippen molar-refractivity contribution in [3.8, 4) is 0 Å². The molecule has 0 radical (unpaired) electrons. The predicted molar refractivity (Wildman–Crippen MR) is 83.8 cm³/mol. The van der Waals surface area contributed by atoms with Crippen molar-refractivity contribution in [1.29, 1.82) is 0 Å². The van der Waals surface area contributed by atoms with Gasteiger partial charge in [-0.15, -0.1) is 0 Å². The van der Waals surface area contributed by atoms with Crippen molar-refractivity contribution in [3.63, 3.8) is 0 Å². The monoisotopic (exact) mass is 294 g/mol. The van der Waals surface area contributed by atoms with Gasteiger partial charge in [-0.1, -0.05) is 32.6 Å². The number of nitrogens with zero attached hydrogens (tertiary/aromatic N) is 1. The maximum absolute atomic E-state index is 12.4. The van der Waals surface area contributed by atoms with Gasteiger partial charge in [-0.2, -0.15) is 0 Å². The highest BCUT2D eigenvalue weighted by Crippen LogP contribution is 2.28. The van der Waals surface area contributed by atoms with Gasteiger partial charge >= 0.3 is 0 Å². The third-order valence-corrected chi connectivity index (χ3v) is 4.95. The Morgan fingerprint density at radius 2 is 1.81 bits per heavy atom. The molecule has 0 aromatic carbocycles. The largest absolute Gasteiger partial charge is 0.352 e. The summed E-state index contributed by atoms with van der Waals surface area (Å²) in [5.74, 6) is 1.16. The molecule has 0 aromatic heterocycles.